The van der Waals surface area contributed by atoms with Crippen LogP contribution >= 0.6 is 0 Å². The molecule has 3 heterocycles. The molecule has 0 aliphatic carbocycles. The predicted molar refractivity (Wildman–Crippen MR) is 112 cm³/mol. The van der Waals surface area contributed by atoms with Crippen molar-refractivity contribution < 1.29 is 22.4 Å². The number of carbonyl (C=O) groups excluding carboxylic acids is 1. The van der Waals surface area contributed by atoms with E-state index in [9.17, 15) is 18.0 Å². The molecule has 4 rings (SSSR count). The highest BCUT2D eigenvalue weighted by Crippen LogP contribution is 2.30. The Bertz CT molecular complexity index is 1090. The first-order valence-electron chi connectivity index (χ1n) is 9.67. The van der Waals surface area contributed by atoms with Crippen molar-refractivity contribution >= 4 is 22.4 Å². The summed E-state index contributed by atoms with van der Waals surface area (Å²) in [6.45, 7) is 1.23. The average Bonchev–Trinajstić information content (AvgIpc) is 3.30. The number of rotatable bonds is 4. The van der Waals surface area contributed by atoms with Crippen molar-refractivity contribution in [3.63, 3.8) is 0 Å². The minimum atomic E-state index is -4.72. The van der Waals surface area contributed by atoms with E-state index in [-0.39, 0.29) is 24.0 Å². The lowest BCUT2D eigenvalue weighted by atomic mass is 10.2. The Balaban J connectivity index is 1.54. The van der Waals surface area contributed by atoms with Crippen molar-refractivity contribution in [3.8, 4) is 11.5 Å². The number of pyridine rings is 1. The van der Waals surface area contributed by atoms with Crippen molar-refractivity contribution in [3.05, 3.63) is 60.2 Å². The number of benzene rings is 1. The quantitative estimate of drug-likeness (QED) is 0.630. The van der Waals surface area contributed by atoms with Gasteiger partial charge >= 0.3 is 18.1 Å². The number of anilines is 1. The van der Waals surface area contributed by atoms with Gasteiger partial charge in [-0.1, -0.05) is 18.2 Å². The Kier molecular flexibility index (Phi) is 6.21. The number of aromatic nitrogens is 3. The highest BCUT2D eigenvalue weighted by molar-refractivity contribution is 7.86. The summed E-state index contributed by atoms with van der Waals surface area (Å²) < 4.78 is 50.6. The number of carbonyl (C=O) groups is 1. The number of alkyl halides is 3. The Hall–Kier alpha value is -3.28. The molecule has 0 spiro atoms. The first kappa shape index (κ1) is 21.9. The lowest BCUT2D eigenvalue weighted by Gasteiger charge is -2.33. The highest BCUT2D eigenvalue weighted by Gasteiger charge is 2.38. The largest absolute Gasteiger partial charge is 0.470 e. The minimum absolute atomic E-state index is 0.170. The molecule has 168 valence electrons. The molecule has 2 amide bonds. The number of hydrogen-bond acceptors (Lipinski definition) is 6. The van der Waals surface area contributed by atoms with Gasteiger partial charge in [-0.2, -0.15) is 13.2 Å². The van der Waals surface area contributed by atoms with Crippen LogP contribution in [-0.2, 0) is 23.4 Å². The SMILES string of the molecule is N=S1CCN(C(=O)N(Cc2ccc(-c3nnc(C(F)(F)F)o3)cn2)c2ccccc2)CC1. The highest BCUT2D eigenvalue weighted by atomic mass is 32.2. The van der Waals surface area contributed by atoms with Crippen LogP contribution in [0.4, 0.5) is 23.7 Å². The molecule has 3 aromatic rings. The Morgan fingerprint density at radius 1 is 1.12 bits per heavy atom. The van der Waals surface area contributed by atoms with E-state index in [2.05, 4.69) is 19.6 Å². The Morgan fingerprint density at radius 3 is 2.44 bits per heavy atom. The second-order valence-electron chi connectivity index (χ2n) is 7.04. The van der Waals surface area contributed by atoms with Crippen LogP contribution in [0.2, 0.25) is 0 Å². The van der Waals surface area contributed by atoms with E-state index in [1.165, 1.54) is 12.3 Å². The summed E-state index contributed by atoms with van der Waals surface area (Å²) in [5.41, 5.74) is 1.48. The molecule has 12 heteroatoms. The van der Waals surface area contributed by atoms with Crippen molar-refractivity contribution in [2.45, 2.75) is 12.7 Å². The third kappa shape index (κ3) is 4.96. The number of halogens is 3. The van der Waals surface area contributed by atoms with E-state index in [0.717, 1.165) is 0 Å². The van der Waals surface area contributed by atoms with Crippen molar-refractivity contribution in [1.82, 2.24) is 20.1 Å². The molecular weight excluding hydrogens is 445 g/mol. The fourth-order valence-corrected chi connectivity index (χ4v) is 4.24. The van der Waals surface area contributed by atoms with Gasteiger partial charge in [0.05, 0.1) is 17.8 Å². The zero-order valence-electron chi connectivity index (χ0n) is 16.7. The van der Waals surface area contributed by atoms with Crippen molar-refractivity contribution in [1.29, 1.82) is 4.78 Å². The van der Waals surface area contributed by atoms with E-state index in [1.54, 1.807) is 15.9 Å². The summed E-state index contributed by atoms with van der Waals surface area (Å²) in [6, 6.07) is 12.1. The maximum absolute atomic E-state index is 13.2. The van der Waals surface area contributed by atoms with Gasteiger partial charge in [-0.15, -0.1) is 20.9 Å². The Labute approximate surface area is 184 Å². The molecule has 0 unspecified atom stereocenters. The summed E-state index contributed by atoms with van der Waals surface area (Å²) in [5.74, 6) is -0.391. The second-order valence-corrected chi connectivity index (χ2v) is 8.84. The smallest absolute Gasteiger partial charge is 0.413 e. The number of amides is 2. The number of para-hydroxylation sites is 1. The lowest BCUT2D eigenvalue weighted by molar-refractivity contribution is -0.156. The van der Waals surface area contributed by atoms with Crippen molar-refractivity contribution in [2.75, 3.05) is 29.5 Å². The molecule has 1 fully saturated rings. The van der Waals surface area contributed by atoms with Crippen LogP contribution in [0.1, 0.15) is 11.6 Å². The Morgan fingerprint density at radius 2 is 1.84 bits per heavy atom. The second kappa shape index (κ2) is 9.07. The molecule has 1 aliphatic rings. The number of nitrogens with one attached hydrogen (secondary N) is 1. The molecule has 0 radical (unpaired) electrons. The molecule has 1 aliphatic heterocycles. The zero-order chi connectivity index (χ0) is 22.7. The van der Waals surface area contributed by atoms with Crippen LogP contribution < -0.4 is 4.90 Å². The van der Waals surface area contributed by atoms with Crippen LogP contribution in [0.15, 0.2) is 53.1 Å². The predicted octanol–water partition coefficient (Wildman–Crippen LogP) is 3.97. The molecule has 0 atom stereocenters. The van der Waals surface area contributed by atoms with Crippen LogP contribution in [0.25, 0.3) is 11.5 Å². The van der Waals surface area contributed by atoms with E-state index < -0.39 is 22.8 Å². The van der Waals surface area contributed by atoms with Gasteiger partial charge < -0.3 is 9.32 Å². The summed E-state index contributed by atoms with van der Waals surface area (Å²) in [6.07, 6.45) is -3.38. The molecule has 0 saturated carbocycles. The summed E-state index contributed by atoms with van der Waals surface area (Å²) in [5, 5.41) is 6.44. The molecule has 8 nitrogen and oxygen atoms in total. The number of hydrogen-bond donors (Lipinski definition) is 1. The maximum atomic E-state index is 13.2. The number of urea groups is 1. The minimum Gasteiger partial charge on any atom is -0.413 e. The zero-order valence-corrected chi connectivity index (χ0v) is 17.6. The maximum Gasteiger partial charge on any atom is 0.470 e. The normalized spacial score (nSPS) is 15.0. The van der Waals surface area contributed by atoms with Gasteiger partial charge in [0.25, 0.3) is 0 Å². The van der Waals surface area contributed by atoms with Gasteiger partial charge in [0, 0.05) is 36.5 Å². The van der Waals surface area contributed by atoms with E-state index >= 15 is 0 Å². The number of nitrogens with zero attached hydrogens (tertiary/aromatic N) is 5. The van der Waals surface area contributed by atoms with Crippen LogP contribution in [0, 0.1) is 4.78 Å². The van der Waals surface area contributed by atoms with Gasteiger partial charge in [0.15, 0.2) is 0 Å². The van der Waals surface area contributed by atoms with E-state index in [1.807, 2.05) is 30.3 Å². The lowest BCUT2D eigenvalue weighted by Crippen LogP contribution is -2.48. The molecule has 0 bridgehead atoms. The molecule has 1 aromatic carbocycles. The van der Waals surface area contributed by atoms with Gasteiger partial charge in [0.2, 0.25) is 5.89 Å². The fraction of sp³-hybridized carbons (Fsp3) is 0.300. The van der Waals surface area contributed by atoms with Gasteiger partial charge in [-0.3, -0.25) is 14.7 Å². The monoisotopic (exact) mass is 464 g/mol. The molecule has 1 saturated heterocycles. The molecule has 2 aromatic heterocycles. The first-order valence-corrected chi connectivity index (χ1v) is 11.2. The van der Waals surface area contributed by atoms with Crippen LogP contribution in [0.5, 0.6) is 0 Å². The van der Waals surface area contributed by atoms with Crippen molar-refractivity contribution in [2.24, 2.45) is 0 Å². The molecule has 1 N–H and O–H groups in total. The molecular formula is C20H19F3N6O2S. The summed E-state index contributed by atoms with van der Waals surface area (Å²) in [4.78, 5) is 20.8. The molecule has 32 heavy (non-hydrogen) atoms. The van der Waals surface area contributed by atoms with Gasteiger partial charge in [0.1, 0.15) is 0 Å². The fourth-order valence-electron chi connectivity index (χ4n) is 3.15. The van der Waals surface area contributed by atoms with Crippen LogP contribution in [-0.4, -0.2) is 50.7 Å². The van der Waals surface area contributed by atoms with Gasteiger partial charge in [-0.25, -0.2) is 4.79 Å². The third-order valence-corrected chi connectivity index (χ3v) is 6.19. The van der Waals surface area contributed by atoms with Crippen LogP contribution in [0.3, 0.4) is 0 Å². The average molecular weight is 464 g/mol. The van der Waals surface area contributed by atoms with Gasteiger partial charge in [-0.05, 0) is 24.3 Å². The summed E-state index contributed by atoms with van der Waals surface area (Å²) in [7, 11) is -0.413. The topological polar surface area (TPSA) is 99.2 Å². The van der Waals surface area contributed by atoms with E-state index in [0.29, 0.717) is 36.0 Å². The summed E-state index contributed by atoms with van der Waals surface area (Å²) >= 11 is 0. The first-order chi connectivity index (χ1) is 15.3. The standard InChI is InChI=1S/C20H19F3N6O2S/c21-20(22,23)18-27-26-17(31-18)14-6-7-15(25-12-14)13-29(16-4-2-1-3-5-16)19(30)28-8-10-32(24)11-9-28/h1-7,12,24H,8-11,13H2. The third-order valence-electron chi connectivity index (χ3n) is 4.84. The van der Waals surface area contributed by atoms with E-state index in [4.69, 9.17) is 4.78 Å².